The van der Waals surface area contributed by atoms with Crippen molar-refractivity contribution in [1.29, 1.82) is 0 Å². The van der Waals surface area contributed by atoms with Crippen molar-refractivity contribution in [3.8, 4) is 11.5 Å². The first-order chi connectivity index (χ1) is 17.1. The van der Waals surface area contributed by atoms with Gasteiger partial charge in [-0.05, 0) is 36.8 Å². The van der Waals surface area contributed by atoms with Crippen molar-refractivity contribution in [2.45, 2.75) is 19.6 Å². The fraction of sp³-hybridized carbons (Fsp3) is 0.333. The Kier molecular flexibility index (Phi) is 8.89. The Bertz CT molecular complexity index is 1120. The molecule has 1 N–H and O–H groups in total. The van der Waals surface area contributed by atoms with Gasteiger partial charge in [-0.15, -0.1) is 11.3 Å². The number of amides is 1. The maximum Gasteiger partial charge on any atom is 0.244 e. The molecule has 7 nitrogen and oxygen atoms in total. The molecule has 0 spiro atoms. The highest BCUT2D eigenvalue weighted by Crippen LogP contribution is 2.22. The molecule has 1 aliphatic rings. The zero-order valence-corrected chi connectivity index (χ0v) is 20.9. The van der Waals surface area contributed by atoms with Gasteiger partial charge in [0.15, 0.2) is 0 Å². The van der Waals surface area contributed by atoms with E-state index in [4.69, 9.17) is 14.2 Å². The fourth-order valence-electron chi connectivity index (χ4n) is 3.87. The van der Waals surface area contributed by atoms with E-state index in [1.165, 1.54) is 0 Å². The molecule has 2 aromatic carbocycles. The molecule has 3 aromatic rings. The molecular formula is C27H31N3O4S. The van der Waals surface area contributed by atoms with Gasteiger partial charge >= 0.3 is 0 Å². The van der Waals surface area contributed by atoms with E-state index in [1.807, 2.05) is 60.8 Å². The van der Waals surface area contributed by atoms with Crippen molar-refractivity contribution in [1.82, 2.24) is 15.2 Å². The van der Waals surface area contributed by atoms with Crippen molar-refractivity contribution in [3.05, 3.63) is 81.8 Å². The Balaban J connectivity index is 1.43. The number of nitrogens with one attached hydrogen (secondary N) is 1. The van der Waals surface area contributed by atoms with Crippen molar-refractivity contribution < 1.29 is 19.0 Å². The lowest BCUT2D eigenvalue weighted by Gasteiger charge is -2.31. The number of carbonyl (C=O) groups excluding carboxylic acids is 1. The molecule has 0 aliphatic carbocycles. The van der Waals surface area contributed by atoms with Crippen LogP contribution in [0.15, 0.2) is 60.0 Å². The van der Waals surface area contributed by atoms with Crippen LogP contribution in [-0.2, 0) is 16.1 Å². The molecule has 1 fully saturated rings. The van der Waals surface area contributed by atoms with E-state index in [2.05, 4.69) is 15.2 Å². The molecule has 1 atom stereocenters. The second kappa shape index (κ2) is 12.5. The molecule has 8 heteroatoms. The van der Waals surface area contributed by atoms with E-state index in [1.54, 1.807) is 30.6 Å². The minimum atomic E-state index is -0.163. The quantitative estimate of drug-likeness (QED) is 0.426. The molecule has 0 saturated carbocycles. The van der Waals surface area contributed by atoms with Crippen molar-refractivity contribution in [2.24, 2.45) is 0 Å². The van der Waals surface area contributed by atoms with Gasteiger partial charge in [0.25, 0.3) is 0 Å². The van der Waals surface area contributed by atoms with E-state index in [0.29, 0.717) is 32.1 Å². The van der Waals surface area contributed by atoms with E-state index in [9.17, 15) is 4.79 Å². The third-order valence-corrected chi connectivity index (χ3v) is 6.58. The number of benzene rings is 2. The Labute approximate surface area is 210 Å². The number of methoxy groups -OCH3 is 1. The predicted octanol–water partition coefficient (Wildman–Crippen LogP) is 4.24. The summed E-state index contributed by atoms with van der Waals surface area (Å²) in [7, 11) is 1.65. The SMILES string of the molecule is COc1ccc(C(CN2CCOCC2)NC(=O)/C=C/c2ccccc2OCc2csc(C)n2)cc1. The van der Waals surface area contributed by atoms with Crippen molar-refractivity contribution in [2.75, 3.05) is 40.0 Å². The monoisotopic (exact) mass is 493 g/mol. The lowest BCUT2D eigenvalue weighted by molar-refractivity contribution is -0.117. The molecular weight excluding hydrogens is 462 g/mol. The number of carbonyl (C=O) groups is 1. The molecule has 1 unspecified atom stereocenters. The summed E-state index contributed by atoms with van der Waals surface area (Å²) in [6, 6.07) is 15.3. The van der Waals surface area contributed by atoms with Crippen LogP contribution in [0.1, 0.15) is 27.9 Å². The molecule has 35 heavy (non-hydrogen) atoms. The normalized spacial score (nSPS) is 15.1. The molecule has 1 aromatic heterocycles. The Morgan fingerprint density at radius 2 is 1.97 bits per heavy atom. The Morgan fingerprint density at radius 1 is 1.20 bits per heavy atom. The van der Waals surface area contributed by atoms with Crippen LogP contribution in [-0.4, -0.2) is 55.7 Å². The third-order valence-electron chi connectivity index (χ3n) is 5.75. The number of aromatic nitrogens is 1. The van der Waals surface area contributed by atoms with Gasteiger partial charge in [0.05, 0.1) is 37.1 Å². The molecule has 2 heterocycles. The average Bonchev–Trinajstić information content (AvgIpc) is 3.32. The molecule has 0 radical (unpaired) electrons. The first kappa shape index (κ1) is 24.9. The lowest BCUT2D eigenvalue weighted by Crippen LogP contribution is -2.42. The van der Waals surface area contributed by atoms with Crippen LogP contribution >= 0.6 is 11.3 Å². The smallest absolute Gasteiger partial charge is 0.244 e. The summed E-state index contributed by atoms with van der Waals surface area (Å²) < 4.78 is 16.7. The van der Waals surface area contributed by atoms with Crippen LogP contribution in [0.25, 0.3) is 6.08 Å². The number of hydrogen-bond acceptors (Lipinski definition) is 7. The van der Waals surface area contributed by atoms with Crippen molar-refractivity contribution in [3.63, 3.8) is 0 Å². The Morgan fingerprint density at radius 3 is 2.69 bits per heavy atom. The fourth-order valence-corrected chi connectivity index (χ4v) is 4.47. The maximum atomic E-state index is 12.9. The summed E-state index contributed by atoms with van der Waals surface area (Å²) in [5.74, 6) is 1.33. The summed E-state index contributed by atoms with van der Waals surface area (Å²) in [5, 5.41) is 6.18. The highest BCUT2D eigenvalue weighted by Gasteiger charge is 2.20. The zero-order valence-electron chi connectivity index (χ0n) is 20.1. The number of aryl methyl sites for hydroxylation is 1. The number of para-hydroxylation sites is 1. The minimum Gasteiger partial charge on any atom is -0.497 e. The van der Waals surface area contributed by atoms with E-state index in [0.717, 1.165) is 40.7 Å². The topological polar surface area (TPSA) is 72.9 Å². The van der Waals surface area contributed by atoms with Crippen LogP contribution in [0.5, 0.6) is 11.5 Å². The summed E-state index contributed by atoms with van der Waals surface area (Å²) in [4.78, 5) is 19.7. The summed E-state index contributed by atoms with van der Waals surface area (Å²) >= 11 is 1.60. The lowest BCUT2D eigenvalue weighted by atomic mass is 10.1. The van der Waals surface area contributed by atoms with Gasteiger partial charge in [0.1, 0.15) is 18.1 Å². The van der Waals surface area contributed by atoms with Crippen LogP contribution in [0.4, 0.5) is 0 Å². The van der Waals surface area contributed by atoms with E-state index >= 15 is 0 Å². The first-order valence-corrected chi connectivity index (χ1v) is 12.5. The summed E-state index contributed by atoms with van der Waals surface area (Å²) in [6.45, 7) is 6.19. The van der Waals surface area contributed by atoms with E-state index in [-0.39, 0.29) is 11.9 Å². The summed E-state index contributed by atoms with van der Waals surface area (Å²) in [6.07, 6.45) is 3.35. The molecule has 1 amide bonds. The van der Waals surface area contributed by atoms with Gasteiger partial charge in [0.2, 0.25) is 5.91 Å². The standard InChI is InChI=1S/C27H31N3O4S/c1-20-28-23(19-35-20)18-34-26-6-4-3-5-22(26)9-12-27(31)29-25(17-30-13-15-33-16-14-30)21-7-10-24(32-2)11-8-21/h3-12,19,25H,13-18H2,1-2H3,(H,29,31)/b12-9+. The Hall–Kier alpha value is -3.20. The number of rotatable bonds is 10. The van der Waals surface area contributed by atoms with Crippen LogP contribution < -0.4 is 14.8 Å². The van der Waals surface area contributed by atoms with Gasteiger partial charge in [-0.25, -0.2) is 4.98 Å². The molecule has 0 bridgehead atoms. The summed E-state index contributed by atoms with van der Waals surface area (Å²) in [5.41, 5.74) is 2.76. The number of thiazole rings is 1. The maximum absolute atomic E-state index is 12.9. The average molecular weight is 494 g/mol. The molecule has 184 valence electrons. The van der Waals surface area contributed by atoms with E-state index < -0.39 is 0 Å². The minimum absolute atomic E-state index is 0.157. The third kappa shape index (κ3) is 7.39. The zero-order chi connectivity index (χ0) is 24.5. The van der Waals surface area contributed by atoms with Gasteiger partial charge in [-0.3, -0.25) is 9.69 Å². The molecule has 1 aliphatic heterocycles. The van der Waals surface area contributed by atoms with Gasteiger partial charge in [0, 0.05) is 36.7 Å². The van der Waals surface area contributed by atoms with Crippen LogP contribution in [0, 0.1) is 6.92 Å². The van der Waals surface area contributed by atoms with Gasteiger partial charge in [-0.1, -0.05) is 30.3 Å². The van der Waals surface area contributed by atoms with Gasteiger partial charge in [-0.2, -0.15) is 0 Å². The van der Waals surface area contributed by atoms with Gasteiger partial charge < -0.3 is 19.5 Å². The predicted molar refractivity (Wildman–Crippen MR) is 138 cm³/mol. The molecule has 4 rings (SSSR count). The molecule has 1 saturated heterocycles. The highest BCUT2D eigenvalue weighted by atomic mass is 32.1. The van der Waals surface area contributed by atoms with Crippen LogP contribution in [0.2, 0.25) is 0 Å². The largest absolute Gasteiger partial charge is 0.497 e. The second-order valence-corrected chi connectivity index (χ2v) is 9.33. The second-order valence-electron chi connectivity index (χ2n) is 8.27. The number of morpholine rings is 1. The van der Waals surface area contributed by atoms with Crippen molar-refractivity contribution >= 4 is 23.3 Å². The highest BCUT2D eigenvalue weighted by molar-refractivity contribution is 7.09. The number of hydrogen-bond donors (Lipinski definition) is 1. The number of nitrogens with zero attached hydrogens (tertiary/aromatic N) is 2. The number of ether oxygens (including phenoxy) is 3. The first-order valence-electron chi connectivity index (χ1n) is 11.7. The van der Waals surface area contributed by atoms with Crippen LogP contribution in [0.3, 0.4) is 0 Å².